The van der Waals surface area contributed by atoms with Crippen LogP contribution in [0, 0.1) is 0 Å². The topological polar surface area (TPSA) is 4.93 Å². The van der Waals surface area contributed by atoms with E-state index in [0.717, 1.165) is 5.69 Å². The van der Waals surface area contributed by atoms with Crippen molar-refractivity contribution in [1.82, 2.24) is 4.57 Å². The number of fused-ring (bicyclic) bond motifs is 5. The third kappa shape index (κ3) is 7.19. The summed E-state index contributed by atoms with van der Waals surface area (Å²) in [4.78, 5) is 0. The van der Waals surface area contributed by atoms with Gasteiger partial charge in [-0.25, -0.2) is 0 Å². The van der Waals surface area contributed by atoms with Crippen LogP contribution in [0.3, 0.4) is 0 Å². The van der Waals surface area contributed by atoms with Crippen LogP contribution in [-0.2, 0) is 0 Å². The molecule has 3 heteroatoms. The predicted molar refractivity (Wildman–Crippen MR) is 323 cm³/mol. The number of benzene rings is 12. The van der Waals surface area contributed by atoms with Gasteiger partial charge in [-0.15, -0.1) is 0 Å². The van der Waals surface area contributed by atoms with Gasteiger partial charge in [-0.1, -0.05) is 273 Å². The second kappa shape index (κ2) is 18.4. The first kappa shape index (κ1) is 44.6. The Morgan fingerprint density at radius 3 is 0.893 bits per heavy atom. The molecule has 0 atom stereocenters. The number of hydrogen-bond acceptors (Lipinski definition) is 0. The number of nitrogens with zero attached hydrogens (tertiary/aromatic N) is 1. The van der Waals surface area contributed by atoms with Gasteiger partial charge in [0.1, 0.15) is 0 Å². The number of rotatable bonds is 9. The minimum absolute atomic E-state index is 1.16. The van der Waals surface area contributed by atoms with Gasteiger partial charge in [0.05, 0.1) is 11.0 Å². The quantitative estimate of drug-likeness (QED) is 0.127. The van der Waals surface area contributed by atoms with Gasteiger partial charge in [-0.3, -0.25) is 0 Å². The molecule has 0 bridgehead atoms. The summed E-state index contributed by atoms with van der Waals surface area (Å²) in [5, 5.41) is 13.8. The highest BCUT2D eigenvalue weighted by molar-refractivity contribution is 7.32. The van der Waals surface area contributed by atoms with Gasteiger partial charge in [0, 0.05) is 16.5 Å². The van der Waals surface area contributed by atoms with Crippen LogP contribution >= 0.6 is 0 Å². The highest BCUT2D eigenvalue weighted by atomic mass is 28.3. The third-order valence-electron chi connectivity index (χ3n) is 16.0. The maximum atomic E-state index is 2.56. The van der Waals surface area contributed by atoms with E-state index < -0.39 is 16.1 Å². The molecule has 0 amide bonds. The van der Waals surface area contributed by atoms with E-state index in [-0.39, 0.29) is 0 Å². The molecule has 1 nitrogen and oxygen atoms in total. The average molecular weight is 986 g/mol. The van der Waals surface area contributed by atoms with E-state index >= 15 is 0 Å². The molecule has 0 aliphatic carbocycles. The van der Waals surface area contributed by atoms with Crippen molar-refractivity contribution in [1.29, 1.82) is 0 Å². The normalized spacial score (nSPS) is 13.3. The molecular weight excluding hydrogens is 935 g/mol. The summed E-state index contributed by atoms with van der Waals surface area (Å²) < 4.78 is 2.52. The molecule has 13 aromatic rings. The van der Waals surface area contributed by atoms with Crippen LogP contribution in [0.1, 0.15) is 0 Å². The third-order valence-corrected chi connectivity index (χ3v) is 26.3. The van der Waals surface area contributed by atoms with Crippen molar-refractivity contribution < 1.29 is 0 Å². The van der Waals surface area contributed by atoms with Gasteiger partial charge in [0.2, 0.25) is 0 Å². The number of aromatic nitrogens is 1. The maximum Gasteiger partial charge on any atom is 0.179 e. The zero-order valence-electron chi connectivity index (χ0n) is 41.4. The Hall–Kier alpha value is -9.13. The standard InChI is InChI=1S/C72H51NSi2/c1-6-21-52(22-7-1)56-37-43-62(44-38-56)74(63-45-39-57(40-46-63)53-23-8-2-9-24-53)69-33-16-18-35-71(69)75(61-30-14-5-15-31-61,72-36-19-17-34-70(72)74)64-32-20-29-60(51-64)73-67-47-41-58(54-25-10-3-11-26-54)49-65(67)66-50-59(42-48-68(66)73)55-27-12-4-13-28-55/h1-51H. The van der Waals surface area contributed by atoms with Crippen molar-refractivity contribution >= 4 is 79.4 Å². The first-order chi connectivity index (χ1) is 37.2. The molecular formula is C72H51NSi2. The first-order valence-electron chi connectivity index (χ1n) is 26.1. The second-order valence-corrected chi connectivity index (χ2v) is 27.4. The van der Waals surface area contributed by atoms with E-state index in [1.54, 1.807) is 0 Å². The lowest BCUT2D eigenvalue weighted by Crippen LogP contribution is -2.93. The van der Waals surface area contributed by atoms with E-state index in [1.165, 1.54) is 108 Å². The molecule has 0 radical (unpaired) electrons. The van der Waals surface area contributed by atoms with Gasteiger partial charge in [-0.2, -0.15) is 0 Å². The van der Waals surface area contributed by atoms with E-state index in [2.05, 4.69) is 314 Å². The lowest BCUT2D eigenvalue weighted by atomic mass is 10.0. The molecule has 2 heterocycles. The van der Waals surface area contributed by atoms with Crippen molar-refractivity contribution in [3.8, 4) is 50.2 Å². The van der Waals surface area contributed by atoms with Gasteiger partial charge in [-0.05, 0) is 122 Å². The number of hydrogen-bond donors (Lipinski definition) is 0. The molecule has 12 aromatic carbocycles. The fourth-order valence-corrected chi connectivity index (χ4v) is 24.8. The Morgan fingerprint density at radius 1 is 0.200 bits per heavy atom. The van der Waals surface area contributed by atoms with Crippen molar-refractivity contribution in [2.45, 2.75) is 0 Å². The summed E-state index contributed by atoms with van der Waals surface area (Å²) in [6.07, 6.45) is 0. The Morgan fingerprint density at radius 2 is 0.493 bits per heavy atom. The van der Waals surface area contributed by atoms with Crippen molar-refractivity contribution in [3.05, 3.63) is 309 Å². The highest BCUT2D eigenvalue weighted by Crippen LogP contribution is 2.37. The molecule has 0 N–H and O–H groups in total. The Balaban J connectivity index is 1.03. The molecule has 1 aliphatic heterocycles. The molecule has 352 valence electrons. The van der Waals surface area contributed by atoms with Crippen molar-refractivity contribution in [2.24, 2.45) is 0 Å². The van der Waals surface area contributed by atoms with Gasteiger partial charge >= 0.3 is 0 Å². The summed E-state index contributed by atoms with van der Waals surface area (Å²) in [5.74, 6) is 0. The highest BCUT2D eigenvalue weighted by Gasteiger charge is 2.56. The summed E-state index contributed by atoms with van der Waals surface area (Å²) in [6, 6.07) is 117. The molecule has 14 rings (SSSR count). The smallest absolute Gasteiger partial charge is 0.179 e. The molecule has 1 aromatic heterocycles. The Kier molecular flexibility index (Phi) is 10.9. The lowest BCUT2D eigenvalue weighted by molar-refractivity contribution is 1.18. The van der Waals surface area contributed by atoms with Crippen LogP contribution in [0.5, 0.6) is 0 Å². The van der Waals surface area contributed by atoms with Crippen LogP contribution in [0.25, 0.3) is 72.0 Å². The van der Waals surface area contributed by atoms with Crippen LogP contribution in [0.4, 0.5) is 0 Å². The van der Waals surface area contributed by atoms with E-state index in [9.17, 15) is 0 Å². The monoisotopic (exact) mass is 985 g/mol. The fraction of sp³-hybridized carbons (Fsp3) is 0. The maximum absolute atomic E-state index is 3.12. The largest absolute Gasteiger partial charge is 0.309 e. The average Bonchev–Trinajstić information content (AvgIpc) is 3.92. The fourth-order valence-electron chi connectivity index (χ4n) is 12.7. The zero-order valence-corrected chi connectivity index (χ0v) is 43.4. The summed E-state index contributed by atoms with van der Waals surface area (Å²) in [5.41, 5.74) is 13.3. The molecule has 0 unspecified atom stereocenters. The molecule has 0 saturated carbocycles. The van der Waals surface area contributed by atoms with Crippen LogP contribution < -0.4 is 41.5 Å². The predicted octanol–water partition coefficient (Wildman–Crippen LogP) is 12.5. The van der Waals surface area contributed by atoms with Gasteiger partial charge in [0.15, 0.2) is 16.1 Å². The van der Waals surface area contributed by atoms with Gasteiger partial charge < -0.3 is 4.57 Å². The zero-order chi connectivity index (χ0) is 49.8. The SMILES string of the molecule is c1ccc(-c2ccc([Si]3(c4ccc(-c5ccccc5)cc4)c4ccccc4[Si](c4ccccc4)(c4cccc(-n5c6ccc(-c7ccccc7)cc6c6cc(-c7ccccc7)ccc65)c4)c4ccccc43)cc2)cc1. The van der Waals surface area contributed by atoms with E-state index in [4.69, 9.17) is 0 Å². The Bertz CT molecular complexity index is 3960. The molecule has 75 heavy (non-hydrogen) atoms. The van der Waals surface area contributed by atoms with Crippen molar-refractivity contribution in [3.63, 3.8) is 0 Å². The van der Waals surface area contributed by atoms with Crippen molar-refractivity contribution in [2.75, 3.05) is 0 Å². The van der Waals surface area contributed by atoms with E-state index in [1.807, 2.05) is 0 Å². The van der Waals surface area contributed by atoms with Gasteiger partial charge in [0.25, 0.3) is 0 Å². The van der Waals surface area contributed by atoms with E-state index in [0.29, 0.717) is 0 Å². The Labute approximate surface area is 441 Å². The summed E-state index contributed by atoms with van der Waals surface area (Å²) in [6.45, 7) is 0. The second-order valence-electron chi connectivity index (χ2n) is 19.9. The van der Waals surface area contributed by atoms with Crippen LogP contribution in [0.15, 0.2) is 309 Å². The molecule has 0 spiro atoms. The van der Waals surface area contributed by atoms with Crippen LogP contribution in [-0.4, -0.2) is 20.7 Å². The molecule has 0 fully saturated rings. The minimum Gasteiger partial charge on any atom is -0.309 e. The minimum atomic E-state index is -3.12. The van der Waals surface area contributed by atoms with Crippen LogP contribution in [0.2, 0.25) is 0 Å². The summed E-state index contributed by atoms with van der Waals surface area (Å²) >= 11 is 0. The lowest BCUT2D eigenvalue weighted by Gasteiger charge is -2.48. The molecule has 0 saturated heterocycles. The summed E-state index contributed by atoms with van der Waals surface area (Å²) in [7, 11) is -6.18. The first-order valence-corrected chi connectivity index (χ1v) is 30.1. The molecule has 1 aliphatic rings.